The molecule has 0 aliphatic carbocycles. The van der Waals surface area contributed by atoms with Gasteiger partial charge >= 0.3 is 0 Å². The summed E-state index contributed by atoms with van der Waals surface area (Å²) in [5, 5.41) is 9.16. The summed E-state index contributed by atoms with van der Waals surface area (Å²) in [6.45, 7) is 2.01. The highest BCUT2D eigenvalue weighted by Gasteiger charge is 2.06. The maximum atomic E-state index is 8.85. The van der Waals surface area contributed by atoms with Gasteiger partial charge in [0.05, 0.1) is 11.6 Å². The molecule has 16 heavy (non-hydrogen) atoms. The van der Waals surface area contributed by atoms with Crippen molar-refractivity contribution >= 4 is 11.6 Å². The highest BCUT2D eigenvalue weighted by molar-refractivity contribution is 6.29. The topological polar surface area (TPSA) is 54.5 Å². The van der Waals surface area contributed by atoms with Gasteiger partial charge in [0.25, 0.3) is 0 Å². The molecule has 0 amide bonds. The summed E-state index contributed by atoms with van der Waals surface area (Å²) in [7, 11) is 0. The minimum absolute atomic E-state index is 0.310. The van der Waals surface area contributed by atoms with Crippen LogP contribution < -0.4 is 0 Å². The fourth-order valence-electron chi connectivity index (χ4n) is 1.48. The molecule has 80 valence electrons. The zero-order chi connectivity index (χ0) is 11.5. The molecule has 5 heteroatoms. The summed E-state index contributed by atoms with van der Waals surface area (Å²) in [5.41, 5.74) is 0.491. The largest absolute Gasteiger partial charge is 0.288 e. The molecule has 0 aromatic carbocycles. The lowest BCUT2D eigenvalue weighted by Crippen LogP contribution is -2.02. The first-order valence-electron chi connectivity index (χ1n) is 4.85. The minimum atomic E-state index is 0.310. The van der Waals surface area contributed by atoms with Crippen molar-refractivity contribution in [2.24, 2.45) is 0 Å². The van der Waals surface area contributed by atoms with Gasteiger partial charge in [-0.05, 0) is 12.1 Å². The van der Waals surface area contributed by atoms with Crippen molar-refractivity contribution in [1.82, 2.24) is 14.5 Å². The Morgan fingerprint density at radius 1 is 1.50 bits per heavy atom. The van der Waals surface area contributed by atoms with Gasteiger partial charge in [-0.1, -0.05) is 18.5 Å². The Hall–Kier alpha value is -1.86. The van der Waals surface area contributed by atoms with Crippen molar-refractivity contribution in [2.75, 3.05) is 0 Å². The number of nitriles is 1. The van der Waals surface area contributed by atoms with Crippen LogP contribution in [0.3, 0.4) is 0 Å². The van der Waals surface area contributed by atoms with Crippen LogP contribution in [0.2, 0.25) is 5.15 Å². The lowest BCUT2D eigenvalue weighted by Gasteiger charge is -2.05. The van der Waals surface area contributed by atoms with Gasteiger partial charge in [0, 0.05) is 18.8 Å². The lowest BCUT2D eigenvalue weighted by molar-refractivity contribution is 0.867. The van der Waals surface area contributed by atoms with Crippen LogP contribution in [0.4, 0.5) is 0 Å². The van der Waals surface area contributed by atoms with Crippen molar-refractivity contribution < 1.29 is 0 Å². The molecule has 2 heterocycles. The summed E-state index contributed by atoms with van der Waals surface area (Å²) in [6.07, 6.45) is 4.30. The van der Waals surface area contributed by atoms with Gasteiger partial charge in [0.2, 0.25) is 0 Å². The molecule has 0 fully saturated rings. The Labute approximate surface area is 98.1 Å². The number of rotatable bonds is 2. The Balaban J connectivity index is 2.56. The zero-order valence-corrected chi connectivity index (χ0v) is 9.44. The number of pyridine rings is 1. The molecule has 2 aromatic rings. The average molecular weight is 233 g/mol. The van der Waals surface area contributed by atoms with E-state index in [9.17, 15) is 0 Å². The fraction of sp³-hybridized carbons (Fsp3) is 0.182. The van der Waals surface area contributed by atoms with E-state index in [2.05, 4.69) is 9.97 Å². The normalized spacial score (nSPS) is 10.1. The standard InChI is InChI=1S/C11H9ClN4/c1-2-10-14-3-4-16(10)11-6-8(7-13)5-9(12)15-11/h3-6H,2H2,1H3. The SMILES string of the molecule is CCc1nccn1-c1cc(C#N)cc(Cl)n1. The minimum Gasteiger partial charge on any atom is -0.288 e. The van der Waals surface area contributed by atoms with Gasteiger partial charge in [-0.15, -0.1) is 0 Å². The second-order valence-electron chi connectivity index (χ2n) is 3.22. The first kappa shape index (κ1) is 10.7. The summed E-state index contributed by atoms with van der Waals surface area (Å²) in [5.74, 6) is 1.51. The number of halogens is 1. The van der Waals surface area contributed by atoms with E-state index in [0.29, 0.717) is 16.5 Å². The van der Waals surface area contributed by atoms with Crippen LogP contribution in [-0.4, -0.2) is 14.5 Å². The van der Waals surface area contributed by atoms with Crippen LogP contribution in [0, 0.1) is 11.3 Å². The molecule has 2 aromatic heterocycles. The molecule has 0 bridgehead atoms. The van der Waals surface area contributed by atoms with Gasteiger partial charge in [0.1, 0.15) is 16.8 Å². The number of nitrogens with zero attached hydrogens (tertiary/aromatic N) is 4. The van der Waals surface area contributed by atoms with E-state index in [1.165, 1.54) is 6.07 Å². The van der Waals surface area contributed by atoms with Gasteiger partial charge in [-0.3, -0.25) is 4.57 Å². The maximum absolute atomic E-state index is 8.85. The molecule has 2 rings (SSSR count). The predicted molar refractivity (Wildman–Crippen MR) is 60.5 cm³/mol. The second kappa shape index (κ2) is 4.33. The maximum Gasteiger partial charge on any atom is 0.141 e. The molecule has 0 saturated carbocycles. The third-order valence-electron chi connectivity index (χ3n) is 2.19. The smallest absolute Gasteiger partial charge is 0.141 e. The molecule has 0 aliphatic heterocycles. The van der Waals surface area contributed by atoms with E-state index in [-0.39, 0.29) is 0 Å². The zero-order valence-electron chi connectivity index (χ0n) is 8.68. The van der Waals surface area contributed by atoms with E-state index in [1.54, 1.807) is 18.5 Å². The number of imidazole rings is 1. The van der Waals surface area contributed by atoms with Gasteiger partial charge in [-0.2, -0.15) is 5.26 Å². The molecular weight excluding hydrogens is 224 g/mol. The van der Waals surface area contributed by atoms with Crippen molar-refractivity contribution in [3.63, 3.8) is 0 Å². The number of hydrogen-bond acceptors (Lipinski definition) is 3. The lowest BCUT2D eigenvalue weighted by atomic mass is 10.3. The van der Waals surface area contributed by atoms with Crippen LogP contribution in [0.1, 0.15) is 18.3 Å². The van der Waals surface area contributed by atoms with Crippen molar-refractivity contribution in [1.29, 1.82) is 5.26 Å². The Morgan fingerprint density at radius 2 is 2.31 bits per heavy atom. The first-order chi connectivity index (χ1) is 7.74. The summed E-state index contributed by atoms with van der Waals surface area (Å²) in [6, 6.07) is 5.27. The monoisotopic (exact) mass is 232 g/mol. The molecule has 0 N–H and O–H groups in total. The van der Waals surface area contributed by atoms with Crippen LogP contribution in [0.5, 0.6) is 0 Å². The first-order valence-corrected chi connectivity index (χ1v) is 5.22. The van der Waals surface area contributed by atoms with Crippen LogP contribution in [0.25, 0.3) is 5.82 Å². The Morgan fingerprint density at radius 3 is 3.00 bits per heavy atom. The molecule has 0 spiro atoms. The Kier molecular flexibility index (Phi) is 2.88. The van der Waals surface area contributed by atoms with Crippen molar-refractivity contribution in [2.45, 2.75) is 13.3 Å². The molecule has 0 saturated heterocycles. The quantitative estimate of drug-likeness (QED) is 0.747. The average Bonchev–Trinajstić information content (AvgIpc) is 2.76. The number of aryl methyl sites for hydroxylation is 1. The molecule has 0 radical (unpaired) electrons. The van der Waals surface area contributed by atoms with E-state index >= 15 is 0 Å². The summed E-state index contributed by atoms with van der Waals surface area (Å²) in [4.78, 5) is 8.36. The molecular formula is C11H9ClN4. The number of aromatic nitrogens is 3. The van der Waals surface area contributed by atoms with E-state index in [0.717, 1.165) is 12.2 Å². The molecule has 0 aliphatic rings. The number of hydrogen-bond donors (Lipinski definition) is 0. The van der Waals surface area contributed by atoms with E-state index < -0.39 is 0 Å². The third kappa shape index (κ3) is 1.90. The van der Waals surface area contributed by atoms with Gasteiger partial charge in [0.15, 0.2) is 0 Å². The molecule has 0 unspecified atom stereocenters. The van der Waals surface area contributed by atoms with Gasteiger partial charge in [-0.25, -0.2) is 9.97 Å². The van der Waals surface area contributed by atoms with Crippen molar-refractivity contribution in [3.05, 3.63) is 41.1 Å². The highest BCUT2D eigenvalue weighted by Crippen LogP contribution is 2.15. The van der Waals surface area contributed by atoms with Crippen LogP contribution in [0.15, 0.2) is 24.5 Å². The summed E-state index contributed by atoms with van der Waals surface area (Å²) < 4.78 is 1.83. The van der Waals surface area contributed by atoms with Crippen LogP contribution in [-0.2, 0) is 6.42 Å². The fourth-order valence-corrected chi connectivity index (χ4v) is 1.68. The van der Waals surface area contributed by atoms with E-state index in [1.807, 2.05) is 17.6 Å². The third-order valence-corrected chi connectivity index (χ3v) is 2.38. The summed E-state index contributed by atoms with van der Waals surface area (Å²) >= 11 is 5.85. The van der Waals surface area contributed by atoms with E-state index in [4.69, 9.17) is 16.9 Å². The Bertz CT molecular complexity index is 553. The van der Waals surface area contributed by atoms with Crippen molar-refractivity contribution in [3.8, 4) is 11.9 Å². The highest BCUT2D eigenvalue weighted by atomic mass is 35.5. The molecule has 0 atom stereocenters. The van der Waals surface area contributed by atoms with Gasteiger partial charge < -0.3 is 0 Å². The molecule has 4 nitrogen and oxygen atoms in total. The second-order valence-corrected chi connectivity index (χ2v) is 3.60. The predicted octanol–water partition coefficient (Wildman–Crippen LogP) is 2.35. The van der Waals surface area contributed by atoms with Crippen LogP contribution >= 0.6 is 11.6 Å².